The SMILES string of the molecule is CCC(CC)C(=O)O[C@H](C)COc1ccc([C@@H](C)CC)cc1. The average Bonchev–Trinajstić information content (AvgIpc) is 2.53. The fraction of sp³-hybridized carbons (Fsp3) is 0.632. The Morgan fingerprint density at radius 2 is 1.59 bits per heavy atom. The Kier molecular flexibility index (Phi) is 8.00. The molecule has 0 radical (unpaired) electrons. The molecule has 0 aliphatic carbocycles. The molecule has 0 fully saturated rings. The van der Waals surface area contributed by atoms with E-state index in [0.29, 0.717) is 12.5 Å². The Hall–Kier alpha value is -1.51. The lowest BCUT2D eigenvalue weighted by Gasteiger charge is -2.18. The highest BCUT2D eigenvalue weighted by Crippen LogP contribution is 2.21. The van der Waals surface area contributed by atoms with Gasteiger partial charge in [-0.2, -0.15) is 0 Å². The van der Waals surface area contributed by atoms with E-state index >= 15 is 0 Å². The minimum absolute atomic E-state index is 0.00253. The molecule has 1 aromatic carbocycles. The van der Waals surface area contributed by atoms with Gasteiger partial charge in [0.2, 0.25) is 0 Å². The van der Waals surface area contributed by atoms with Crippen LogP contribution in [-0.2, 0) is 9.53 Å². The van der Waals surface area contributed by atoms with Gasteiger partial charge in [-0.1, -0.05) is 39.8 Å². The monoisotopic (exact) mass is 306 g/mol. The molecule has 22 heavy (non-hydrogen) atoms. The summed E-state index contributed by atoms with van der Waals surface area (Å²) in [5.41, 5.74) is 1.32. The van der Waals surface area contributed by atoms with Crippen molar-refractivity contribution in [2.75, 3.05) is 6.61 Å². The molecule has 3 nitrogen and oxygen atoms in total. The number of esters is 1. The van der Waals surface area contributed by atoms with Crippen molar-refractivity contribution >= 4 is 5.97 Å². The molecule has 0 aromatic heterocycles. The summed E-state index contributed by atoms with van der Waals surface area (Å²) in [6.07, 6.45) is 2.53. The second-order valence-electron chi connectivity index (χ2n) is 5.95. The maximum Gasteiger partial charge on any atom is 0.309 e. The number of rotatable bonds is 9. The molecule has 2 atom stereocenters. The molecule has 0 aliphatic heterocycles. The molecule has 0 N–H and O–H groups in total. The summed E-state index contributed by atoms with van der Waals surface area (Å²) in [7, 11) is 0. The van der Waals surface area contributed by atoms with Gasteiger partial charge >= 0.3 is 5.97 Å². The standard InChI is InChI=1S/C19H30O3/c1-6-14(4)17-9-11-18(12-10-17)21-13-15(5)22-19(20)16(7-2)8-3/h9-12,14-16H,6-8,13H2,1-5H3/t14-,15+/m0/s1. The van der Waals surface area contributed by atoms with E-state index in [0.717, 1.165) is 25.0 Å². The van der Waals surface area contributed by atoms with E-state index < -0.39 is 0 Å². The molecule has 0 saturated carbocycles. The van der Waals surface area contributed by atoms with Crippen molar-refractivity contribution in [1.29, 1.82) is 0 Å². The first-order valence-corrected chi connectivity index (χ1v) is 8.44. The van der Waals surface area contributed by atoms with Gasteiger partial charge in [-0.15, -0.1) is 0 Å². The smallest absolute Gasteiger partial charge is 0.309 e. The quantitative estimate of drug-likeness (QED) is 0.606. The van der Waals surface area contributed by atoms with Crippen LogP contribution in [0.25, 0.3) is 0 Å². The van der Waals surface area contributed by atoms with Crippen molar-refractivity contribution in [3.05, 3.63) is 29.8 Å². The first-order valence-electron chi connectivity index (χ1n) is 8.44. The zero-order valence-electron chi connectivity index (χ0n) is 14.6. The summed E-state index contributed by atoms with van der Waals surface area (Å²) in [4.78, 5) is 11.9. The molecule has 0 saturated heterocycles. The number of carbonyl (C=O) groups excluding carboxylic acids is 1. The highest BCUT2D eigenvalue weighted by Gasteiger charge is 2.18. The van der Waals surface area contributed by atoms with E-state index in [-0.39, 0.29) is 18.0 Å². The molecule has 0 heterocycles. The van der Waals surface area contributed by atoms with E-state index in [1.165, 1.54) is 5.56 Å². The molecule has 1 rings (SSSR count). The molecule has 0 aliphatic rings. The number of ether oxygens (including phenoxy) is 2. The van der Waals surface area contributed by atoms with Gasteiger partial charge in [0, 0.05) is 0 Å². The van der Waals surface area contributed by atoms with Crippen molar-refractivity contribution in [2.45, 2.75) is 65.9 Å². The van der Waals surface area contributed by atoms with E-state index in [4.69, 9.17) is 9.47 Å². The van der Waals surface area contributed by atoms with Crippen molar-refractivity contribution in [3.8, 4) is 5.75 Å². The fourth-order valence-electron chi connectivity index (χ4n) is 2.29. The Morgan fingerprint density at radius 1 is 1.00 bits per heavy atom. The van der Waals surface area contributed by atoms with Crippen LogP contribution in [0, 0.1) is 5.92 Å². The van der Waals surface area contributed by atoms with E-state index in [9.17, 15) is 4.79 Å². The maximum absolute atomic E-state index is 11.9. The van der Waals surface area contributed by atoms with Gasteiger partial charge in [0.25, 0.3) is 0 Å². The average molecular weight is 306 g/mol. The summed E-state index contributed by atoms with van der Waals surface area (Å²) in [6, 6.07) is 8.17. The summed E-state index contributed by atoms with van der Waals surface area (Å²) >= 11 is 0. The molecule has 0 spiro atoms. The molecule has 3 heteroatoms. The van der Waals surface area contributed by atoms with E-state index in [1.807, 2.05) is 32.9 Å². The van der Waals surface area contributed by atoms with Gasteiger partial charge in [0.05, 0.1) is 5.92 Å². The summed E-state index contributed by atoms with van der Waals surface area (Å²) in [5.74, 6) is 1.26. The van der Waals surface area contributed by atoms with Crippen LogP contribution < -0.4 is 4.74 Å². The van der Waals surface area contributed by atoms with Crippen LogP contribution in [-0.4, -0.2) is 18.7 Å². The van der Waals surface area contributed by atoms with Crippen LogP contribution in [0.5, 0.6) is 5.75 Å². The predicted octanol–water partition coefficient (Wildman–Crippen LogP) is 4.95. The fourth-order valence-corrected chi connectivity index (χ4v) is 2.29. The first kappa shape index (κ1) is 18.5. The third kappa shape index (κ3) is 5.70. The molecule has 0 unspecified atom stereocenters. The van der Waals surface area contributed by atoms with Gasteiger partial charge in [-0.3, -0.25) is 4.79 Å². The van der Waals surface area contributed by atoms with Gasteiger partial charge < -0.3 is 9.47 Å². The third-order valence-electron chi connectivity index (χ3n) is 4.18. The Bertz CT molecular complexity index is 434. The molecule has 1 aromatic rings. The number of hydrogen-bond acceptors (Lipinski definition) is 3. The van der Waals surface area contributed by atoms with Crippen LogP contribution in [0.15, 0.2) is 24.3 Å². The highest BCUT2D eigenvalue weighted by molar-refractivity contribution is 5.72. The topological polar surface area (TPSA) is 35.5 Å². The molecular formula is C19H30O3. The van der Waals surface area contributed by atoms with E-state index in [2.05, 4.69) is 26.0 Å². The number of benzene rings is 1. The van der Waals surface area contributed by atoms with E-state index in [1.54, 1.807) is 0 Å². The van der Waals surface area contributed by atoms with Crippen molar-refractivity contribution < 1.29 is 14.3 Å². The number of hydrogen-bond donors (Lipinski definition) is 0. The minimum Gasteiger partial charge on any atom is -0.490 e. The largest absolute Gasteiger partial charge is 0.490 e. The molecule has 0 bridgehead atoms. The van der Waals surface area contributed by atoms with Crippen LogP contribution in [0.1, 0.15) is 65.4 Å². The first-order chi connectivity index (χ1) is 10.5. The summed E-state index contributed by atoms with van der Waals surface area (Å²) in [6.45, 7) is 10.7. The zero-order chi connectivity index (χ0) is 16.5. The zero-order valence-corrected chi connectivity index (χ0v) is 14.6. The number of carbonyl (C=O) groups is 1. The van der Waals surface area contributed by atoms with Crippen LogP contribution in [0.4, 0.5) is 0 Å². The molecular weight excluding hydrogens is 276 g/mol. The predicted molar refractivity (Wildman–Crippen MR) is 90.3 cm³/mol. The van der Waals surface area contributed by atoms with Crippen molar-refractivity contribution in [3.63, 3.8) is 0 Å². The third-order valence-corrected chi connectivity index (χ3v) is 4.18. The lowest BCUT2D eigenvalue weighted by atomic mass is 9.99. The van der Waals surface area contributed by atoms with Gasteiger partial charge in [-0.25, -0.2) is 0 Å². The highest BCUT2D eigenvalue weighted by atomic mass is 16.6. The second-order valence-corrected chi connectivity index (χ2v) is 5.95. The van der Waals surface area contributed by atoms with Crippen molar-refractivity contribution in [2.24, 2.45) is 5.92 Å². The lowest BCUT2D eigenvalue weighted by molar-refractivity contribution is -0.154. The second kappa shape index (κ2) is 9.50. The van der Waals surface area contributed by atoms with Crippen LogP contribution in [0.3, 0.4) is 0 Å². The normalized spacial score (nSPS) is 13.7. The summed E-state index contributed by atoms with van der Waals surface area (Å²) < 4.78 is 11.1. The van der Waals surface area contributed by atoms with Crippen LogP contribution >= 0.6 is 0 Å². The maximum atomic E-state index is 11.9. The van der Waals surface area contributed by atoms with Gasteiger partial charge in [-0.05, 0) is 49.8 Å². The van der Waals surface area contributed by atoms with Gasteiger partial charge in [0.15, 0.2) is 0 Å². The lowest BCUT2D eigenvalue weighted by Crippen LogP contribution is -2.26. The Balaban J connectivity index is 2.43. The summed E-state index contributed by atoms with van der Waals surface area (Å²) in [5, 5.41) is 0. The molecule has 0 amide bonds. The van der Waals surface area contributed by atoms with Crippen molar-refractivity contribution in [1.82, 2.24) is 0 Å². The Morgan fingerprint density at radius 3 is 2.09 bits per heavy atom. The molecule has 124 valence electrons. The van der Waals surface area contributed by atoms with Gasteiger partial charge in [0.1, 0.15) is 18.5 Å². The Labute approximate surface area is 135 Å². The van der Waals surface area contributed by atoms with Crippen LogP contribution in [0.2, 0.25) is 0 Å². The minimum atomic E-state index is -0.234.